The van der Waals surface area contributed by atoms with Crippen molar-refractivity contribution in [3.05, 3.63) is 63.8 Å². The average Bonchev–Trinajstić information content (AvgIpc) is 3.11. The lowest BCUT2D eigenvalue weighted by molar-refractivity contribution is -0.116. The second-order valence-corrected chi connectivity index (χ2v) is 7.58. The Balaban J connectivity index is 1.83. The van der Waals surface area contributed by atoms with Gasteiger partial charge in [0, 0.05) is 33.7 Å². The molecular formula is C22H21NO3S. The summed E-state index contributed by atoms with van der Waals surface area (Å²) in [5, 5.41) is 5.21. The molecule has 0 spiro atoms. The maximum absolute atomic E-state index is 12.5. The first-order valence-corrected chi connectivity index (χ1v) is 9.69. The van der Waals surface area contributed by atoms with Crippen LogP contribution < -0.4 is 14.8 Å². The summed E-state index contributed by atoms with van der Waals surface area (Å²) in [5.74, 6) is 1.49. The third-order valence-electron chi connectivity index (χ3n) is 4.96. The van der Waals surface area contributed by atoms with Crippen LogP contribution in [0.2, 0.25) is 0 Å². The van der Waals surface area contributed by atoms with Gasteiger partial charge in [-0.1, -0.05) is 29.8 Å². The number of aryl methyl sites for hydroxylation is 1. The molecule has 0 unspecified atom stereocenters. The molecule has 0 aliphatic carbocycles. The Kier molecular flexibility index (Phi) is 4.62. The Morgan fingerprint density at radius 1 is 1.07 bits per heavy atom. The quantitative estimate of drug-likeness (QED) is 0.676. The number of hydrogen-bond donors (Lipinski definition) is 1. The lowest BCUT2D eigenvalue weighted by atomic mass is 9.88. The molecule has 4 nitrogen and oxygen atoms in total. The predicted octanol–water partition coefficient (Wildman–Crippen LogP) is 5.21. The minimum absolute atomic E-state index is 0.0177. The molecule has 2 heterocycles. The molecule has 0 radical (unpaired) electrons. The van der Waals surface area contributed by atoms with Crippen molar-refractivity contribution in [1.29, 1.82) is 0 Å². The number of hydrogen-bond acceptors (Lipinski definition) is 4. The maximum Gasteiger partial charge on any atom is 0.225 e. The zero-order valence-corrected chi connectivity index (χ0v) is 16.4. The monoisotopic (exact) mass is 379 g/mol. The fraction of sp³-hybridized carbons (Fsp3) is 0.227. The summed E-state index contributed by atoms with van der Waals surface area (Å²) in [6.07, 6.45) is 0.393. The summed E-state index contributed by atoms with van der Waals surface area (Å²) < 4.78 is 11.0. The van der Waals surface area contributed by atoms with Crippen LogP contribution in [0.1, 0.15) is 28.3 Å². The number of ether oxygens (including phenoxy) is 2. The second-order valence-electron chi connectivity index (χ2n) is 6.67. The van der Waals surface area contributed by atoms with Crippen molar-refractivity contribution >= 4 is 22.9 Å². The van der Waals surface area contributed by atoms with E-state index in [0.29, 0.717) is 6.42 Å². The number of carbonyl (C=O) groups is 1. The van der Waals surface area contributed by atoms with Crippen molar-refractivity contribution in [3.8, 4) is 22.6 Å². The average molecular weight is 379 g/mol. The third kappa shape index (κ3) is 3.19. The summed E-state index contributed by atoms with van der Waals surface area (Å²) in [7, 11) is 3.30. The Morgan fingerprint density at radius 2 is 1.85 bits per heavy atom. The Hall–Kier alpha value is -2.79. The van der Waals surface area contributed by atoms with Crippen LogP contribution in [0.5, 0.6) is 11.5 Å². The van der Waals surface area contributed by atoms with Gasteiger partial charge in [-0.05, 0) is 30.7 Å². The minimum atomic E-state index is -0.0528. The number of methoxy groups -OCH3 is 2. The number of fused-ring (bicyclic) bond motifs is 1. The summed E-state index contributed by atoms with van der Waals surface area (Å²) in [5.41, 5.74) is 5.28. The van der Waals surface area contributed by atoms with Crippen molar-refractivity contribution < 1.29 is 14.3 Å². The molecule has 1 aliphatic rings. The van der Waals surface area contributed by atoms with E-state index in [-0.39, 0.29) is 11.8 Å². The molecule has 3 aromatic rings. The van der Waals surface area contributed by atoms with Gasteiger partial charge in [0.25, 0.3) is 0 Å². The molecule has 1 aromatic heterocycles. The van der Waals surface area contributed by atoms with Gasteiger partial charge in [-0.15, -0.1) is 11.3 Å². The SMILES string of the molecule is COc1ccc(OC)c([C@H]2CC(=O)Nc3c(-c4ccc(C)cc4)csc32)c1. The number of anilines is 1. The Labute approximate surface area is 162 Å². The minimum Gasteiger partial charge on any atom is -0.497 e. The van der Waals surface area contributed by atoms with E-state index >= 15 is 0 Å². The van der Waals surface area contributed by atoms with Gasteiger partial charge in [0.05, 0.1) is 19.9 Å². The van der Waals surface area contributed by atoms with Crippen LogP contribution in [-0.4, -0.2) is 20.1 Å². The van der Waals surface area contributed by atoms with E-state index in [0.717, 1.165) is 38.8 Å². The van der Waals surface area contributed by atoms with Crippen molar-refractivity contribution in [3.63, 3.8) is 0 Å². The summed E-state index contributed by atoms with van der Waals surface area (Å²) in [6, 6.07) is 14.1. The first-order valence-electron chi connectivity index (χ1n) is 8.81. The van der Waals surface area contributed by atoms with E-state index in [1.54, 1.807) is 25.6 Å². The molecule has 1 N–H and O–H groups in total. The summed E-state index contributed by atoms with van der Waals surface area (Å²) >= 11 is 1.68. The van der Waals surface area contributed by atoms with E-state index in [1.807, 2.05) is 18.2 Å². The highest BCUT2D eigenvalue weighted by atomic mass is 32.1. The molecule has 0 fully saturated rings. The third-order valence-corrected chi connectivity index (χ3v) is 6.06. The molecule has 1 aliphatic heterocycles. The molecule has 0 saturated carbocycles. The first-order chi connectivity index (χ1) is 13.1. The number of rotatable bonds is 4. The summed E-state index contributed by atoms with van der Waals surface area (Å²) in [4.78, 5) is 13.7. The van der Waals surface area contributed by atoms with Gasteiger partial charge >= 0.3 is 0 Å². The van der Waals surface area contributed by atoms with Crippen LogP contribution in [0, 0.1) is 6.92 Å². The molecule has 1 amide bonds. The van der Waals surface area contributed by atoms with E-state index < -0.39 is 0 Å². The van der Waals surface area contributed by atoms with Crippen molar-refractivity contribution in [2.75, 3.05) is 19.5 Å². The van der Waals surface area contributed by atoms with Crippen LogP contribution in [-0.2, 0) is 4.79 Å². The molecule has 4 rings (SSSR count). The van der Waals surface area contributed by atoms with Crippen LogP contribution in [0.25, 0.3) is 11.1 Å². The zero-order valence-electron chi connectivity index (χ0n) is 15.5. The molecule has 0 bridgehead atoms. The van der Waals surface area contributed by atoms with Gasteiger partial charge in [0.15, 0.2) is 0 Å². The highest BCUT2D eigenvalue weighted by Gasteiger charge is 2.32. The predicted molar refractivity (Wildman–Crippen MR) is 109 cm³/mol. The fourth-order valence-electron chi connectivity index (χ4n) is 3.54. The standard InChI is InChI=1S/C22H21NO3S/c1-13-4-6-14(7-5-13)18-12-27-22-17(11-20(24)23-21(18)22)16-10-15(25-2)8-9-19(16)26-3/h4-10,12,17H,11H2,1-3H3,(H,23,24)/t17-/m1/s1. The zero-order chi connectivity index (χ0) is 19.0. The summed E-state index contributed by atoms with van der Waals surface area (Å²) in [6.45, 7) is 2.07. The Morgan fingerprint density at radius 3 is 2.56 bits per heavy atom. The molecule has 1 atom stereocenters. The second kappa shape index (κ2) is 7.08. The van der Waals surface area contributed by atoms with Gasteiger partial charge in [-0.3, -0.25) is 4.79 Å². The molecule has 27 heavy (non-hydrogen) atoms. The first kappa shape index (κ1) is 17.6. The normalized spacial score (nSPS) is 15.8. The molecule has 0 saturated heterocycles. The number of thiophene rings is 1. The number of amides is 1. The van der Waals surface area contributed by atoms with Gasteiger partial charge in [0.1, 0.15) is 11.5 Å². The van der Waals surface area contributed by atoms with Crippen molar-refractivity contribution in [2.45, 2.75) is 19.3 Å². The van der Waals surface area contributed by atoms with Crippen LogP contribution >= 0.6 is 11.3 Å². The smallest absolute Gasteiger partial charge is 0.225 e. The van der Waals surface area contributed by atoms with Gasteiger partial charge in [0.2, 0.25) is 5.91 Å². The van der Waals surface area contributed by atoms with Gasteiger partial charge < -0.3 is 14.8 Å². The van der Waals surface area contributed by atoms with E-state index in [2.05, 4.69) is 41.9 Å². The largest absolute Gasteiger partial charge is 0.497 e. The lowest BCUT2D eigenvalue weighted by Crippen LogP contribution is -2.22. The Bertz CT molecular complexity index is 991. The highest BCUT2D eigenvalue weighted by molar-refractivity contribution is 7.11. The van der Waals surface area contributed by atoms with Crippen LogP contribution in [0.4, 0.5) is 5.69 Å². The lowest BCUT2D eigenvalue weighted by Gasteiger charge is -2.25. The van der Waals surface area contributed by atoms with Crippen molar-refractivity contribution in [1.82, 2.24) is 0 Å². The van der Waals surface area contributed by atoms with Gasteiger partial charge in [-0.2, -0.15) is 0 Å². The number of benzene rings is 2. The van der Waals surface area contributed by atoms with Gasteiger partial charge in [-0.25, -0.2) is 0 Å². The van der Waals surface area contributed by atoms with E-state index in [9.17, 15) is 4.79 Å². The highest BCUT2D eigenvalue weighted by Crippen LogP contribution is 2.48. The number of carbonyl (C=O) groups excluding carboxylic acids is 1. The molecule has 138 valence electrons. The molecule has 2 aromatic carbocycles. The number of nitrogens with one attached hydrogen (secondary N) is 1. The maximum atomic E-state index is 12.5. The van der Waals surface area contributed by atoms with Crippen molar-refractivity contribution in [2.24, 2.45) is 0 Å². The molecule has 5 heteroatoms. The fourth-order valence-corrected chi connectivity index (χ4v) is 4.69. The topological polar surface area (TPSA) is 47.6 Å². The van der Waals surface area contributed by atoms with Crippen LogP contribution in [0.3, 0.4) is 0 Å². The van der Waals surface area contributed by atoms with Crippen LogP contribution in [0.15, 0.2) is 47.8 Å². The van der Waals surface area contributed by atoms with E-state index in [4.69, 9.17) is 9.47 Å². The molecular weight excluding hydrogens is 358 g/mol. The van der Waals surface area contributed by atoms with E-state index in [1.165, 1.54) is 5.56 Å².